The Hall–Kier alpha value is -8.60. The van der Waals surface area contributed by atoms with Gasteiger partial charge < -0.3 is 20.4 Å². The monoisotopic (exact) mass is 1260 g/mol. The topological polar surface area (TPSA) is 80.9 Å². The minimum Gasteiger partial charge on any atom is -0.508 e. The second kappa shape index (κ2) is 25.2. The van der Waals surface area contributed by atoms with Gasteiger partial charge in [-0.2, -0.15) is 0 Å². The number of phenolic OH excluding ortho intramolecular Hbond substituents is 4. The zero-order valence-corrected chi connectivity index (χ0v) is 57.3. The van der Waals surface area contributed by atoms with E-state index >= 15 is 0 Å². The Bertz CT molecular complexity index is 4090. The maximum Gasteiger partial charge on any atom is 0.115 e. The lowest BCUT2D eigenvalue weighted by Gasteiger charge is -2.62. The lowest BCUT2D eigenvalue weighted by atomic mass is 9.42. The molecule has 4 N–H and O–H groups in total. The van der Waals surface area contributed by atoms with E-state index in [1.165, 1.54) is 127 Å². The summed E-state index contributed by atoms with van der Waals surface area (Å²) >= 11 is 0. The van der Waals surface area contributed by atoms with Crippen molar-refractivity contribution in [2.24, 2.45) is 23.7 Å². The summed E-state index contributed by atoms with van der Waals surface area (Å²) in [6.07, 6.45) is 10.3. The van der Waals surface area contributed by atoms with Crippen LogP contribution in [0.1, 0.15) is 202 Å². The molecule has 0 aromatic heterocycles. The Balaban J connectivity index is 0.000000121. The second-order valence-electron chi connectivity index (χ2n) is 31.4. The number of hydrogen-bond donors (Lipinski definition) is 4. The number of aromatic hydroxyl groups is 4. The predicted octanol–water partition coefficient (Wildman–Crippen LogP) is 22.2. The lowest BCUT2D eigenvalue weighted by molar-refractivity contribution is -0.0418. The molecule has 4 bridgehead atoms. The van der Waals surface area contributed by atoms with Crippen molar-refractivity contribution in [2.45, 2.75) is 173 Å². The third kappa shape index (κ3) is 11.8. The quantitative estimate of drug-likeness (QED) is 0.120. The molecule has 7 aliphatic rings. The molecule has 3 unspecified atom stereocenters. The van der Waals surface area contributed by atoms with E-state index in [0.717, 1.165) is 42.9 Å². The molecule has 0 heterocycles. The molecule has 4 saturated carbocycles. The van der Waals surface area contributed by atoms with Gasteiger partial charge in [-0.05, 0) is 247 Å². The summed E-state index contributed by atoms with van der Waals surface area (Å²) in [6.45, 7) is 24.9. The van der Waals surface area contributed by atoms with Gasteiger partial charge in [-0.15, -0.1) is 0 Å². The number of hydrogen-bond acceptors (Lipinski definition) is 4. The van der Waals surface area contributed by atoms with Gasteiger partial charge in [0.25, 0.3) is 0 Å². The van der Waals surface area contributed by atoms with Crippen LogP contribution in [0.15, 0.2) is 237 Å². The highest BCUT2D eigenvalue weighted by molar-refractivity contribution is 5.63. The van der Waals surface area contributed by atoms with E-state index in [9.17, 15) is 20.4 Å². The summed E-state index contributed by atoms with van der Waals surface area (Å²) in [5.74, 6) is 4.83. The van der Waals surface area contributed by atoms with Gasteiger partial charge in [0.2, 0.25) is 0 Å². The molecule has 0 radical (unpaired) electrons. The second-order valence-corrected chi connectivity index (χ2v) is 31.4. The summed E-state index contributed by atoms with van der Waals surface area (Å²) in [5.41, 5.74) is 23.1. The maximum absolute atomic E-state index is 10.1. The van der Waals surface area contributed by atoms with Crippen molar-refractivity contribution in [3.63, 3.8) is 0 Å². The summed E-state index contributed by atoms with van der Waals surface area (Å²) in [6, 6.07) is 82.6. The number of fused-ring (bicyclic) bond motifs is 5. The molecule has 4 fully saturated rings. The highest BCUT2D eigenvalue weighted by Crippen LogP contribution is 2.66. The SMILES string of the molecule is C.Cc1ccc(C(C)(c2ccccc2)c2ccc(O)cc2)cc1.Cc1ccc(C2(c3ccc(O)cc3)C3CC4CC(C3)CC2C4)cc1.Cc1ccc(C2(c3ccc(O)cc3)CC(C)(C)c3ccccc32)cc1.Cc1ccc2c(c1)C1(CC2(C)C)CC(C)(C)c2ccc(O)cc21. The van der Waals surface area contributed by atoms with Crippen LogP contribution >= 0.6 is 0 Å². The first-order chi connectivity index (χ1) is 44.8. The Kier molecular flexibility index (Phi) is 17.6. The maximum atomic E-state index is 10.1. The first-order valence-corrected chi connectivity index (χ1v) is 34.6. The van der Waals surface area contributed by atoms with E-state index in [1.54, 1.807) is 24.3 Å². The summed E-state index contributed by atoms with van der Waals surface area (Å²) in [4.78, 5) is 0. The van der Waals surface area contributed by atoms with E-state index in [2.05, 4.69) is 246 Å². The summed E-state index contributed by atoms with van der Waals surface area (Å²) in [7, 11) is 0. The van der Waals surface area contributed by atoms with Crippen LogP contribution in [0.3, 0.4) is 0 Å². The zero-order chi connectivity index (χ0) is 66.2. The molecule has 0 amide bonds. The van der Waals surface area contributed by atoms with Gasteiger partial charge in [0.1, 0.15) is 23.0 Å². The van der Waals surface area contributed by atoms with E-state index in [4.69, 9.17) is 0 Å². The van der Waals surface area contributed by atoms with Crippen molar-refractivity contribution in [1.82, 2.24) is 0 Å². The molecule has 10 aromatic rings. The van der Waals surface area contributed by atoms with Crippen molar-refractivity contribution < 1.29 is 20.4 Å². The minimum atomic E-state index is -0.247. The zero-order valence-electron chi connectivity index (χ0n) is 57.3. The van der Waals surface area contributed by atoms with Crippen LogP contribution in [0.2, 0.25) is 0 Å². The number of aryl methyl sites for hydroxylation is 4. The highest BCUT2D eigenvalue weighted by Gasteiger charge is 2.59. The molecule has 3 atom stereocenters. The van der Waals surface area contributed by atoms with Gasteiger partial charge >= 0.3 is 0 Å². The van der Waals surface area contributed by atoms with Gasteiger partial charge in [0.15, 0.2) is 0 Å². The molecule has 10 aromatic carbocycles. The largest absolute Gasteiger partial charge is 0.508 e. The molecule has 0 saturated heterocycles. The number of phenols is 4. The lowest BCUT2D eigenvalue weighted by Crippen LogP contribution is -2.56. The van der Waals surface area contributed by atoms with Crippen LogP contribution in [0, 0.1) is 51.4 Å². The predicted molar refractivity (Wildman–Crippen MR) is 394 cm³/mol. The number of rotatable bonds is 7. The van der Waals surface area contributed by atoms with Gasteiger partial charge in [0.05, 0.1) is 0 Å². The Morgan fingerprint density at radius 3 is 1.15 bits per heavy atom. The normalized spacial score (nSPS) is 24.4. The minimum absolute atomic E-state index is 0. The Morgan fingerprint density at radius 1 is 0.316 bits per heavy atom. The van der Waals surface area contributed by atoms with Crippen LogP contribution in [0.5, 0.6) is 23.0 Å². The third-order valence-electron chi connectivity index (χ3n) is 23.6. The van der Waals surface area contributed by atoms with Crippen molar-refractivity contribution in [3.8, 4) is 23.0 Å². The van der Waals surface area contributed by atoms with Crippen molar-refractivity contribution in [3.05, 3.63) is 331 Å². The number of benzene rings is 10. The van der Waals surface area contributed by atoms with Crippen molar-refractivity contribution in [2.75, 3.05) is 0 Å². The fraction of sp³-hybridized carbons (Fsp3) is 0.341. The van der Waals surface area contributed by atoms with Crippen LogP contribution in [-0.4, -0.2) is 20.4 Å². The fourth-order valence-electron chi connectivity index (χ4n) is 19.6. The van der Waals surface area contributed by atoms with Crippen molar-refractivity contribution >= 4 is 0 Å². The van der Waals surface area contributed by atoms with E-state index in [1.807, 2.05) is 42.5 Å². The van der Waals surface area contributed by atoms with Gasteiger partial charge in [0, 0.05) is 21.7 Å². The molecule has 1 spiro atoms. The van der Waals surface area contributed by atoms with Crippen LogP contribution in [0.25, 0.3) is 0 Å². The molecule has 4 nitrogen and oxygen atoms in total. The van der Waals surface area contributed by atoms with Gasteiger partial charge in [-0.25, -0.2) is 0 Å². The molecular formula is C91H100O4. The summed E-state index contributed by atoms with van der Waals surface area (Å²) in [5, 5.41) is 39.3. The molecular weight excluding hydrogens is 1160 g/mol. The molecule has 4 heteroatoms. The van der Waals surface area contributed by atoms with E-state index in [0.29, 0.717) is 23.0 Å². The van der Waals surface area contributed by atoms with E-state index in [-0.39, 0.29) is 45.3 Å². The first kappa shape index (κ1) is 66.4. The molecule has 0 aliphatic heterocycles. The molecule has 7 aliphatic carbocycles. The molecule has 95 heavy (non-hydrogen) atoms. The smallest absolute Gasteiger partial charge is 0.115 e. The van der Waals surface area contributed by atoms with Crippen LogP contribution in [-0.2, 0) is 37.9 Å². The Morgan fingerprint density at radius 2 is 0.653 bits per heavy atom. The van der Waals surface area contributed by atoms with Gasteiger partial charge in [-0.3, -0.25) is 0 Å². The highest BCUT2D eigenvalue weighted by atomic mass is 16.3. The third-order valence-corrected chi connectivity index (χ3v) is 23.6. The average Bonchev–Trinajstić information content (AvgIpc) is 1.68. The summed E-state index contributed by atoms with van der Waals surface area (Å²) < 4.78 is 0. The standard InChI is InChI=1S/C24H24O.C23H26O.C22H26O.C21H20O.CH4/c1-17-8-10-18(11-9-17)24(19-12-14-20(25)15-13-19)16-23(2,3)21-6-4-5-7-22(21)24;1-15-2-4-18(5-3-15)23(19-6-8-22(24)9-7-19)20-11-16-10-17(13-20)14-21(23)12-16;1-14-6-8-16-18(10-14)22(12-20(16,2)3)13-21(4,5)17-9-7-15(23)11-19(17)22;1-16-8-10-18(11-9-16)21(2,17-6-4-3-5-7-17)19-12-14-20(22)15-13-19;/h4-15,25H,16H2,1-3H3;2-9,16-17,20-21,24H,10-14H2,1H3;6-11,23H,12-13H2,1-5H3;3-15,22H,1-2H3;1H4. The van der Waals surface area contributed by atoms with Crippen molar-refractivity contribution in [1.29, 1.82) is 0 Å². The van der Waals surface area contributed by atoms with Gasteiger partial charge in [-0.1, -0.05) is 259 Å². The molecule has 488 valence electrons. The van der Waals surface area contributed by atoms with Crippen LogP contribution in [0.4, 0.5) is 0 Å². The van der Waals surface area contributed by atoms with E-state index < -0.39 is 0 Å². The Labute approximate surface area is 567 Å². The molecule has 17 rings (SSSR count). The fourth-order valence-corrected chi connectivity index (χ4v) is 19.6. The average molecular weight is 1260 g/mol. The first-order valence-electron chi connectivity index (χ1n) is 34.6. The van der Waals surface area contributed by atoms with Crippen LogP contribution < -0.4 is 0 Å².